The molecule has 1 atom stereocenters. The first-order valence-electron chi connectivity index (χ1n) is 6.59. The van der Waals surface area contributed by atoms with Crippen LogP contribution < -0.4 is 5.73 Å². The van der Waals surface area contributed by atoms with Gasteiger partial charge in [-0.3, -0.25) is 0 Å². The molecule has 0 amide bonds. The van der Waals surface area contributed by atoms with E-state index in [9.17, 15) is 12.8 Å². The molecule has 1 unspecified atom stereocenters. The van der Waals surface area contributed by atoms with E-state index in [0.29, 0.717) is 6.54 Å². The van der Waals surface area contributed by atoms with E-state index in [2.05, 4.69) is 15.9 Å². The third-order valence-electron chi connectivity index (χ3n) is 3.34. The third-order valence-corrected chi connectivity index (χ3v) is 6.66. The third kappa shape index (κ3) is 3.88. The minimum atomic E-state index is -3.98. The molecule has 0 heterocycles. The second kappa shape index (κ2) is 7.26. The molecule has 8 heteroatoms. The first-order valence-corrected chi connectivity index (χ1v) is 9.20. The molecule has 0 aliphatic carbocycles. The van der Waals surface area contributed by atoms with Crippen LogP contribution in [0.25, 0.3) is 0 Å². The summed E-state index contributed by atoms with van der Waals surface area (Å²) in [4.78, 5) is -0.488. The van der Waals surface area contributed by atoms with Crippen LogP contribution >= 0.6 is 27.5 Å². The lowest BCUT2D eigenvalue weighted by molar-refractivity contribution is 0.360. The van der Waals surface area contributed by atoms with Gasteiger partial charge in [0.2, 0.25) is 10.0 Å². The van der Waals surface area contributed by atoms with Crippen molar-refractivity contribution in [3.8, 4) is 0 Å². The Hall–Kier alpha value is -0.370. The van der Waals surface area contributed by atoms with Crippen molar-refractivity contribution >= 4 is 43.2 Å². The highest BCUT2D eigenvalue weighted by atomic mass is 79.9. The largest absolute Gasteiger partial charge is 0.395 e. The summed E-state index contributed by atoms with van der Waals surface area (Å²) in [5, 5.41) is 0.0621. The second-order valence-electron chi connectivity index (χ2n) is 4.87. The van der Waals surface area contributed by atoms with Crippen molar-refractivity contribution in [2.45, 2.75) is 32.1 Å². The van der Waals surface area contributed by atoms with Gasteiger partial charge < -0.3 is 5.73 Å². The standard InChI is InChI=1S/C13H19BrClFN2O2S/c1-4-8(3)7-18(5-2)21(19,20)10-6-9(15)11(14)13(17)12(10)16/h6,8H,4-5,7,17H2,1-3H3. The normalized spacial score (nSPS) is 13.7. The van der Waals surface area contributed by atoms with Crippen molar-refractivity contribution in [2.24, 2.45) is 5.92 Å². The molecule has 21 heavy (non-hydrogen) atoms. The monoisotopic (exact) mass is 400 g/mol. The number of sulfonamides is 1. The highest BCUT2D eigenvalue weighted by Gasteiger charge is 2.30. The topological polar surface area (TPSA) is 63.4 Å². The van der Waals surface area contributed by atoms with Gasteiger partial charge in [-0.15, -0.1) is 0 Å². The van der Waals surface area contributed by atoms with Gasteiger partial charge in [0.15, 0.2) is 5.82 Å². The Labute approximate surface area is 138 Å². The first kappa shape index (κ1) is 18.7. The Morgan fingerprint density at radius 3 is 2.52 bits per heavy atom. The number of nitrogens with two attached hydrogens (primary N) is 1. The van der Waals surface area contributed by atoms with E-state index in [-0.39, 0.29) is 27.6 Å². The van der Waals surface area contributed by atoms with E-state index < -0.39 is 20.7 Å². The summed E-state index contributed by atoms with van der Waals surface area (Å²) < 4.78 is 40.8. The fraction of sp³-hybridized carbons (Fsp3) is 0.538. The molecule has 0 saturated carbocycles. The van der Waals surface area contributed by atoms with E-state index in [0.717, 1.165) is 12.5 Å². The average molecular weight is 402 g/mol. The summed E-state index contributed by atoms with van der Waals surface area (Å²) in [7, 11) is -3.98. The number of nitrogen functional groups attached to an aromatic ring is 1. The van der Waals surface area contributed by atoms with Gasteiger partial charge in [-0.05, 0) is 27.9 Å². The summed E-state index contributed by atoms with van der Waals surface area (Å²) in [6, 6.07) is 1.09. The van der Waals surface area contributed by atoms with Crippen LogP contribution in [0.2, 0.25) is 5.02 Å². The van der Waals surface area contributed by atoms with Crippen LogP contribution in [0.4, 0.5) is 10.1 Å². The van der Waals surface area contributed by atoms with Crippen LogP contribution in [-0.4, -0.2) is 25.8 Å². The number of halogens is 3. The van der Waals surface area contributed by atoms with Gasteiger partial charge in [0.05, 0.1) is 15.2 Å². The fourth-order valence-corrected chi connectivity index (χ4v) is 4.04. The van der Waals surface area contributed by atoms with E-state index in [4.69, 9.17) is 17.3 Å². The van der Waals surface area contributed by atoms with Gasteiger partial charge in [0.25, 0.3) is 0 Å². The Bertz CT molecular complexity index is 625. The van der Waals surface area contributed by atoms with Crippen molar-refractivity contribution in [3.63, 3.8) is 0 Å². The van der Waals surface area contributed by atoms with Gasteiger partial charge in [-0.2, -0.15) is 4.31 Å². The number of hydrogen-bond donors (Lipinski definition) is 1. The maximum atomic E-state index is 14.2. The predicted octanol–water partition coefficient (Wildman–Crippen LogP) is 3.88. The predicted molar refractivity (Wildman–Crippen MR) is 87.4 cm³/mol. The van der Waals surface area contributed by atoms with Gasteiger partial charge in [-0.25, -0.2) is 12.8 Å². The molecule has 1 rings (SSSR count). The van der Waals surface area contributed by atoms with Gasteiger partial charge in [0, 0.05) is 13.1 Å². The minimum absolute atomic E-state index is 0.0621. The molecular formula is C13H19BrClFN2O2S. The maximum Gasteiger partial charge on any atom is 0.246 e. The van der Waals surface area contributed by atoms with E-state index in [1.54, 1.807) is 6.92 Å². The zero-order chi connectivity index (χ0) is 16.4. The van der Waals surface area contributed by atoms with Crippen LogP contribution in [0.5, 0.6) is 0 Å². The number of rotatable bonds is 6. The molecule has 120 valence electrons. The van der Waals surface area contributed by atoms with Gasteiger partial charge >= 0.3 is 0 Å². The Balaban J connectivity index is 3.36. The highest BCUT2D eigenvalue weighted by Crippen LogP contribution is 2.35. The second-order valence-corrected chi connectivity index (χ2v) is 7.97. The molecule has 0 aliphatic rings. The van der Waals surface area contributed by atoms with E-state index in [1.165, 1.54) is 4.31 Å². The number of anilines is 1. The highest BCUT2D eigenvalue weighted by molar-refractivity contribution is 9.10. The zero-order valence-corrected chi connectivity index (χ0v) is 15.3. The van der Waals surface area contributed by atoms with Crippen LogP contribution in [0, 0.1) is 11.7 Å². The molecule has 0 bridgehead atoms. The average Bonchev–Trinajstić information content (AvgIpc) is 2.45. The van der Waals surface area contributed by atoms with Crippen LogP contribution in [-0.2, 0) is 10.0 Å². The van der Waals surface area contributed by atoms with E-state index in [1.807, 2.05) is 13.8 Å². The first-order chi connectivity index (χ1) is 9.66. The molecule has 4 nitrogen and oxygen atoms in total. The Morgan fingerprint density at radius 1 is 1.48 bits per heavy atom. The lowest BCUT2D eigenvalue weighted by atomic mass is 10.1. The van der Waals surface area contributed by atoms with Crippen molar-refractivity contribution in [2.75, 3.05) is 18.8 Å². The number of benzene rings is 1. The van der Waals surface area contributed by atoms with Crippen LogP contribution in [0.15, 0.2) is 15.4 Å². The van der Waals surface area contributed by atoms with Crippen molar-refractivity contribution in [3.05, 3.63) is 21.4 Å². The molecular weight excluding hydrogens is 383 g/mol. The quantitative estimate of drug-likeness (QED) is 0.581. The molecule has 0 saturated heterocycles. The smallest absolute Gasteiger partial charge is 0.246 e. The molecule has 1 aromatic carbocycles. The lowest BCUT2D eigenvalue weighted by Crippen LogP contribution is -2.35. The maximum absolute atomic E-state index is 14.2. The van der Waals surface area contributed by atoms with E-state index >= 15 is 0 Å². The van der Waals surface area contributed by atoms with Crippen LogP contribution in [0.1, 0.15) is 27.2 Å². The Morgan fingerprint density at radius 2 is 2.05 bits per heavy atom. The SMILES string of the molecule is CCC(C)CN(CC)S(=O)(=O)c1cc(Cl)c(Br)c(N)c1F. The molecule has 0 aliphatic heterocycles. The molecule has 1 aromatic rings. The van der Waals surface area contributed by atoms with Gasteiger partial charge in [0.1, 0.15) is 4.90 Å². The fourth-order valence-electron chi connectivity index (χ4n) is 1.80. The molecule has 0 fully saturated rings. The Kier molecular flexibility index (Phi) is 6.46. The number of hydrogen-bond acceptors (Lipinski definition) is 3. The molecule has 2 N–H and O–H groups in total. The lowest BCUT2D eigenvalue weighted by Gasteiger charge is -2.24. The van der Waals surface area contributed by atoms with Crippen molar-refractivity contribution in [1.29, 1.82) is 0 Å². The summed E-state index contributed by atoms with van der Waals surface area (Å²) in [5.74, 6) is -0.806. The molecule has 0 aromatic heterocycles. The van der Waals surface area contributed by atoms with Crippen molar-refractivity contribution in [1.82, 2.24) is 4.31 Å². The summed E-state index contributed by atoms with van der Waals surface area (Å²) >= 11 is 8.93. The summed E-state index contributed by atoms with van der Waals surface area (Å²) in [6.07, 6.45) is 0.831. The zero-order valence-electron chi connectivity index (χ0n) is 12.2. The van der Waals surface area contributed by atoms with Crippen molar-refractivity contribution < 1.29 is 12.8 Å². The molecule has 0 spiro atoms. The summed E-state index contributed by atoms with van der Waals surface area (Å²) in [5.41, 5.74) is 5.25. The summed E-state index contributed by atoms with van der Waals surface area (Å²) in [6.45, 7) is 6.20. The van der Waals surface area contributed by atoms with Crippen LogP contribution in [0.3, 0.4) is 0 Å². The van der Waals surface area contributed by atoms with Gasteiger partial charge in [-0.1, -0.05) is 38.8 Å². The molecule has 0 radical (unpaired) electrons. The number of nitrogens with zero attached hydrogens (tertiary/aromatic N) is 1. The minimum Gasteiger partial charge on any atom is -0.395 e.